The molecule has 0 aliphatic carbocycles. The summed E-state index contributed by atoms with van der Waals surface area (Å²) in [6.07, 6.45) is 4.28. The molecule has 0 saturated carbocycles. The highest BCUT2D eigenvalue weighted by Crippen LogP contribution is 2.00. The summed E-state index contributed by atoms with van der Waals surface area (Å²) in [6, 6.07) is -0.435. The molecule has 0 aromatic heterocycles. The molecule has 0 amide bonds. The lowest BCUT2D eigenvalue weighted by Crippen LogP contribution is -2.37. The summed E-state index contributed by atoms with van der Waals surface area (Å²) in [6.45, 7) is 4.06. The third kappa shape index (κ3) is 5.21. The topological polar surface area (TPSA) is 49.3 Å². The van der Waals surface area contributed by atoms with E-state index in [9.17, 15) is 4.79 Å². The summed E-state index contributed by atoms with van der Waals surface area (Å²) in [4.78, 5) is 10.6. The summed E-state index contributed by atoms with van der Waals surface area (Å²) in [5, 5.41) is 11.6. The number of carboxylic acids is 1. The second-order valence-electron chi connectivity index (χ2n) is 2.37. The maximum absolute atomic E-state index is 10.6. The molecule has 4 heteroatoms. The second-order valence-corrected chi connectivity index (χ2v) is 3.35. The molecule has 0 rings (SSSR count). The van der Waals surface area contributed by atoms with Crippen molar-refractivity contribution in [3.63, 3.8) is 0 Å². The summed E-state index contributed by atoms with van der Waals surface area (Å²) in [7, 11) is 0. The van der Waals surface area contributed by atoms with Gasteiger partial charge in [-0.25, -0.2) is 0 Å². The van der Waals surface area contributed by atoms with Gasteiger partial charge in [0.1, 0.15) is 6.04 Å². The fourth-order valence-electron chi connectivity index (χ4n) is 0.774. The lowest BCUT2D eigenvalue weighted by Gasteiger charge is -2.11. The Hall–Kier alpha value is -0.480. The van der Waals surface area contributed by atoms with Crippen molar-refractivity contribution >= 4 is 17.7 Å². The zero-order valence-corrected chi connectivity index (χ0v) is 8.06. The number of thioether (sulfide) groups is 1. The fourth-order valence-corrected chi connectivity index (χ4v) is 1.25. The van der Waals surface area contributed by atoms with Gasteiger partial charge in [0.15, 0.2) is 0 Å². The van der Waals surface area contributed by atoms with Crippen LogP contribution in [0.5, 0.6) is 0 Å². The molecule has 12 heavy (non-hydrogen) atoms. The number of aliphatic carboxylic acids is 1. The van der Waals surface area contributed by atoms with Crippen molar-refractivity contribution in [1.82, 2.24) is 5.32 Å². The van der Waals surface area contributed by atoms with E-state index in [-0.39, 0.29) is 0 Å². The van der Waals surface area contributed by atoms with Crippen LogP contribution in [0.2, 0.25) is 0 Å². The van der Waals surface area contributed by atoms with Crippen LogP contribution in [0.3, 0.4) is 0 Å². The molecule has 0 saturated heterocycles. The van der Waals surface area contributed by atoms with Crippen LogP contribution in [-0.4, -0.2) is 35.7 Å². The van der Waals surface area contributed by atoms with E-state index in [4.69, 9.17) is 5.11 Å². The molecule has 2 N–H and O–H groups in total. The van der Waals surface area contributed by atoms with E-state index in [1.807, 2.05) is 6.26 Å². The quantitative estimate of drug-likeness (QED) is 0.586. The highest BCUT2D eigenvalue weighted by molar-refractivity contribution is 7.98. The van der Waals surface area contributed by atoms with Crippen LogP contribution >= 0.6 is 11.8 Å². The molecule has 0 aromatic rings. The van der Waals surface area contributed by atoms with Crippen LogP contribution < -0.4 is 5.32 Å². The zero-order valence-electron chi connectivity index (χ0n) is 7.25. The molecule has 0 aliphatic heterocycles. The lowest BCUT2D eigenvalue weighted by molar-refractivity contribution is -0.139. The zero-order chi connectivity index (χ0) is 9.40. The van der Waals surface area contributed by atoms with E-state index in [1.165, 1.54) is 0 Å². The smallest absolute Gasteiger partial charge is 0.320 e. The predicted octanol–water partition coefficient (Wildman–Crippen LogP) is 0.968. The first-order valence-corrected chi connectivity index (χ1v) is 5.17. The molecule has 0 unspecified atom stereocenters. The Morgan fingerprint density at radius 1 is 1.83 bits per heavy atom. The first-order chi connectivity index (χ1) is 5.72. The van der Waals surface area contributed by atoms with Crippen LogP contribution in [0, 0.1) is 0 Å². The van der Waals surface area contributed by atoms with E-state index < -0.39 is 12.0 Å². The van der Waals surface area contributed by atoms with E-state index in [2.05, 4.69) is 11.9 Å². The van der Waals surface area contributed by atoms with Crippen molar-refractivity contribution in [2.24, 2.45) is 0 Å². The van der Waals surface area contributed by atoms with Gasteiger partial charge in [-0.1, -0.05) is 6.08 Å². The average Bonchev–Trinajstić information content (AvgIpc) is 2.04. The van der Waals surface area contributed by atoms with Crippen LogP contribution in [0.15, 0.2) is 12.7 Å². The number of carboxylic acid groups (broad SMARTS) is 1. The molecular weight excluding hydrogens is 174 g/mol. The molecule has 0 bridgehead atoms. The number of hydrogen-bond acceptors (Lipinski definition) is 3. The average molecular weight is 189 g/mol. The van der Waals surface area contributed by atoms with Gasteiger partial charge < -0.3 is 10.4 Å². The van der Waals surface area contributed by atoms with Gasteiger partial charge in [0.25, 0.3) is 0 Å². The van der Waals surface area contributed by atoms with Gasteiger partial charge in [0.05, 0.1) is 0 Å². The number of nitrogens with one attached hydrogen (secondary N) is 1. The highest BCUT2D eigenvalue weighted by atomic mass is 32.2. The molecule has 0 aromatic carbocycles. The molecular formula is C8H15NO2S. The Balaban J connectivity index is 3.69. The number of hydrogen-bond donors (Lipinski definition) is 2. The minimum atomic E-state index is -0.786. The molecule has 0 fully saturated rings. The van der Waals surface area contributed by atoms with Crippen molar-refractivity contribution in [2.45, 2.75) is 12.5 Å². The van der Waals surface area contributed by atoms with Gasteiger partial charge in [0, 0.05) is 6.54 Å². The molecule has 70 valence electrons. The van der Waals surface area contributed by atoms with Gasteiger partial charge in [-0.15, -0.1) is 6.58 Å². The van der Waals surface area contributed by atoms with Crippen LogP contribution in [-0.2, 0) is 4.79 Å². The first kappa shape index (κ1) is 11.5. The Morgan fingerprint density at radius 2 is 2.50 bits per heavy atom. The van der Waals surface area contributed by atoms with E-state index in [1.54, 1.807) is 17.8 Å². The minimum absolute atomic E-state index is 0.435. The standard InChI is InChI=1S/C8H15NO2S/c1-3-5-9-7(8(10)11)4-6-12-2/h3,7,9H,1,4-6H2,2H3,(H,10,11)/t7-/m0/s1. The Labute approximate surface area is 77.2 Å². The van der Waals surface area contributed by atoms with E-state index in [0.717, 1.165) is 5.75 Å². The third-order valence-corrected chi connectivity index (χ3v) is 2.06. The number of rotatable bonds is 7. The fraction of sp³-hybridized carbons (Fsp3) is 0.625. The maximum atomic E-state index is 10.6. The predicted molar refractivity (Wildman–Crippen MR) is 52.6 cm³/mol. The SMILES string of the molecule is C=CCN[C@@H](CCSC)C(=O)O. The Bertz CT molecular complexity index is 150. The Morgan fingerprint density at radius 3 is 2.92 bits per heavy atom. The van der Waals surface area contributed by atoms with Gasteiger partial charge in [0.2, 0.25) is 0 Å². The van der Waals surface area contributed by atoms with Crippen LogP contribution in [0.1, 0.15) is 6.42 Å². The molecule has 0 radical (unpaired) electrons. The molecule has 3 nitrogen and oxygen atoms in total. The monoisotopic (exact) mass is 189 g/mol. The largest absolute Gasteiger partial charge is 0.480 e. The van der Waals surface area contributed by atoms with Crippen LogP contribution in [0.25, 0.3) is 0 Å². The highest BCUT2D eigenvalue weighted by Gasteiger charge is 2.14. The maximum Gasteiger partial charge on any atom is 0.320 e. The van der Waals surface area contributed by atoms with E-state index in [0.29, 0.717) is 13.0 Å². The lowest BCUT2D eigenvalue weighted by atomic mass is 10.2. The van der Waals surface area contributed by atoms with Gasteiger partial charge in [-0.05, 0) is 18.4 Å². The number of carbonyl (C=O) groups is 1. The second kappa shape index (κ2) is 7.18. The van der Waals surface area contributed by atoms with Crippen molar-refractivity contribution in [3.05, 3.63) is 12.7 Å². The van der Waals surface area contributed by atoms with Crippen molar-refractivity contribution in [3.8, 4) is 0 Å². The summed E-state index contributed by atoms with van der Waals surface area (Å²) >= 11 is 1.65. The van der Waals surface area contributed by atoms with Crippen molar-refractivity contribution in [2.75, 3.05) is 18.6 Å². The van der Waals surface area contributed by atoms with Gasteiger partial charge >= 0.3 is 5.97 Å². The summed E-state index contributed by atoms with van der Waals surface area (Å²) in [5.74, 6) is 0.0760. The summed E-state index contributed by atoms with van der Waals surface area (Å²) in [5.41, 5.74) is 0. The van der Waals surface area contributed by atoms with Gasteiger partial charge in [-0.3, -0.25) is 4.79 Å². The van der Waals surface area contributed by atoms with E-state index >= 15 is 0 Å². The molecule has 0 heterocycles. The normalized spacial score (nSPS) is 12.4. The minimum Gasteiger partial charge on any atom is -0.480 e. The Kier molecular flexibility index (Phi) is 6.90. The molecule has 0 aliphatic rings. The molecule has 1 atom stereocenters. The summed E-state index contributed by atoms with van der Waals surface area (Å²) < 4.78 is 0. The first-order valence-electron chi connectivity index (χ1n) is 3.78. The third-order valence-electron chi connectivity index (χ3n) is 1.42. The van der Waals surface area contributed by atoms with Crippen molar-refractivity contribution < 1.29 is 9.90 Å². The molecule has 0 spiro atoms. The van der Waals surface area contributed by atoms with Crippen LogP contribution in [0.4, 0.5) is 0 Å². The van der Waals surface area contributed by atoms with Gasteiger partial charge in [-0.2, -0.15) is 11.8 Å². The van der Waals surface area contributed by atoms with Crippen molar-refractivity contribution in [1.29, 1.82) is 0 Å².